The van der Waals surface area contributed by atoms with Crippen molar-refractivity contribution in [3.63, 3.8) is 0 Å². The van der Waals surface area contributed by atoms with Gasteiger partial charge in [0.1, 0.15) is 8.25 Å². The Bertz CT molecular complexity index is 137. The molecule has 0 fully saturated rings. The number of rotatable bonds is 2. The second-order valence-electron chi connectivity index (χ2n) is 0.810. The Morgan fingerprint density at radius 1 is 1.50 bits per heavy atom. The van der Waals surface area contributed by atoms with Crippen LogP contribution >= 0.6 is 16.1 Å². The summed E-state index contributed by atoms with van der Waals surface area (Å²) in [6, 6.07) is 0. The van der Waals surface area contributed by atoms with Crippen molar-refractivity contribution >= 4 is 16.1 Å². The quantitative estimate of drug-likeness (QED) is 0.378. The molecule has 0 bridgehead atoms. The van der Waals surface area contributed by atoms with Crippen molar-refractivity contribution in [2.45, 2.75) is 0 Å². The third kappa shape index (κ3) is 17.6. The van der Waals surface area contributed by atoms with E-state index in [0.717, 1.165) is 0 Å². The van der Waals surface area contributed by atoms with Crippen LogP contribution in [0.4, 0.5) is 0 Å². The summed E-state index contributed by atoms with van der Waals surface area (Å²) in [5, 5.41) is 0. The minimum atomic E-state index is -5.05. The summed E-state index contributed by atoms with van der Waals surface area (Å²) in [6.45, 7) is 0. The Labute approximate surface area is 143 Å². The predicted octanol–water partition coefficient (Wildman–Crippen LogP) is -7.78. The van der Waals surface area contributed by atoms with Crippen LogP contribution in [0.1, 0.15) is 0 Å². The molecular weight excluding hydrogens is 236 g/mol. The van der Waals surface area contributed by atoms with Gasteiger partial charge in [0.05, 0.1) is 0 Å². The molecule has 10 heavy (non-hydrogen) atoms. The molecule has 0 aliphatic heterocycles. The molecule has 0 heterocycles. The molecule has 50 valence electrons. The van der Waals surface area contributed by atoms with E-state index < -0.39 is 16.1 Å². The summed E-state index contributed by atoms with van der Waals surface area (Å²) in [7, 11) is -8.87. The molecular formula is H2K2O6P2. The van der Waals surface area contributed by atoms with Crippen LogP contribution in [0, 0.1) is 0 Å². The topological polar surface area (TPSA) is 110 Å². The van der Waals surface area contributed by atoms with Gasteiger partial charge in [-0.2, -0.15) is 0 Å². The summed E-state index contributed by atoms with van der Waals surface area (Å²) < 4.78 is 21.7. The molecule has 0 saturated carbocycles. The van der Waals surface area contributed by atoms with Crippen LogP contribution in [-0.4, -0.2) is 4.89 Å². The van der Waals surface area contributed by atoms with Gasteiger partial charge in [-0.25, -0.2) is 0 Å². The molecule has 0 aromatic heterocycles. The first kappa shape index (κ1) is 19.2. The molecule has 0 aliphatic carbocycles. The molecule has 0 aliphatic rings. The van der Waals surface area contributed by atoms with Gasteiger partial charge in [-0.05, 0) is 0 Å². The molecule has 0 spiro atoms. The summed E-state index contributed by atoms with van der Waals surface area (Å²) >= 11 is 0. The fourth-order valence-electron chi connectivity index (χ4n) is 0.0942. The van der Waals surface area contributed by atoms with Crippen molar-refractivity contribution in [2.75, 3.05) is 0 Å². The molecule has 2 atom stereocenters. The van der Waals surface area contributed by atoms with E-state index in [1.807, 2.05) is 0 Å². The van der Waals surface area contributed by atoms with E-state index in [4.69, 9.17) is 4.89 Å². The van der Waals surface area contributed by atoms with Gasteiger partial charge < -0.3 is 19.2 Å². The van der Waals surface area contributed by atoms with Crippen molar-refractivity contribution < 1.29 is 131 Å². The number of hydrogen-bond donors (Lipinski definition) is 1. The average Bonchev–Trinajstić information content (AvgIpc) is 1.21. The first-order valence-corrected chi connectivity index (χ1v) is 4.08. The van der Waals surface area contributed by atoms with Gasteiger partial charge in [0, 0.05) is 0 Å². The van der Waals surface area contributed by atoms with Gasteiger partial charge in [-0.3, -0.25) is 8.88 Å². The Hall–Kier alpha value is 3.57. The van der Waals surface area contributed by atoms with Gasteiger partial charge in [0.2, 0.25) is 0 Å². The van der Waals surface area contributed by atoms with Crippen molar-refractivity contribution in [1.82, 2.24) is 0 Å². The van der Waals surface area contributed by atoms with Crippen LogP contribution in [0.3, 0.4) is 0 Å². The van der Waals surface area contributed by atoms with E-state index >= 15 is 0 Å². The maximum atomic E-state index is 9.43. The van der Waals surface area contributed by atoms with Gasteiger partial charge in [-0.1, -0.05) is 0 Å². The molecule has 0 saturated heterocycles. The smallest absolute Gasteiger partial charge is 0.781 e. The Balaban J connectivity index is -0.000000245. The average molecular weight is 238 g/mol. The zero-order chi connectivity index (χ0) is 6.78. The van der Waals surface area contributed by atoms with Crippen LogP contribution in [0.5, 0.6) is 0 Å². The molecule has 0 aromatic carbocycles. The molecule has 0 radical (unpaired) electrons. The first-order valence-electron chi connectivity index (χ1n) is 1.36. The van der Waals surface area contributed by atoms with Crippen LogP contribution in [0.2, 0.25) is 0 Å². The molecule has 1 N–H and O–H groups in total. The maximum absolute atomic E-state index is 9.43. The first-order chi connectivity index (χ1) is 3.42. The summed E-state index contributed by atoms with van der Waals surface area (Å²) in [6.07, 6.45) is 0. The van der Waals surface area contributed by atoms with E-state index in [2.05, 4.69) is 4.31 Å². The third-order valence-corrected chi connectivity index (χ3v) is 1.71. The van der Waals surface area contributed by atoms with Gasteiger partial charge >= 0.3 is 103 Å². The van der Waals surface area contributed by atoms with E-state index in [1.165, 1.54) is 0 Å². The number of phosphoric acid groups is 1. The molecule has 0 amide bonds. The SMILES string of the molecule is O=[PH]([O-])OP(=O)([O-])O.[K+].[K+]. The van der Waals surface area contributed by atoms with E-state index in [1.54, 1.807) is 0 Å². The predicted molar refractivity (Wildman–Crippen MR) is 19.9 cm³/mol. The number of hydrogen-bond acceptors (Lipinski definition) is 5. The fraction of sp³-hybridized carbons (Fsp3) is 0. The molecule has 6 nitrogen and oxygen atoms in total. The second-order valence-corrected chi connectivity index (χ2v) is 2.98. The normalized spacial score (nSPS) is 17.5. The van der Waals surface area contributed by atoms with Gasteiger partial charge in [0.25, 0.3) is 7.82 Å². The van der Waals surface area contributed by atoms with Crippen LogP contribution < -0.4 is 113 Å². The third-order valence-electron chi connectivity index (χ3n) is 0.190. The molecule has 0 aromatic rings. The Morgan fingerprint density at radius 2 is 1.80 bits per heavy atom. The van der Waals surface area contributed by atoms with Crippen LogP contribution in [0.25, 0.3) is 0 Å². The minimum Gasteiger partial charge on any atom is -0.781 e. The zero-order valence-corrected chi connectivity index (χ0v) is 13.6. The summed E-state index contributed by atoms with van der Waals surface area (Å²) in [4.78, 5) is 26.4. The largest absolute Gasteiger partial charge is 1.00 e. The van der Waals surface area contributed by atoms with Crippen molar-refractivity contribution in [2.24, 2.45) is 0 Å². The van der Waals surface area contributed by atoms with Crippen molar-refractivity contribution in [3.05, 3.63) is 0 Å². The summed E-state index contributed by atoms with van der Waals surface area (Å²) in [5.41, 5.74) is 0. The van der Waals surface area contributed by atoms with Crippen LogP contribution in [0.15, 0.2) is 0 Å². The Morgan fingerprint density at radius 3 is 1.80 bits per heavy atom. The maximum Gasteiger partial charge on any atom is 1.00 e. The van der Waals surface area contributed by atoms with Gasteiger partial charge in [0.15, 0.2) is 0 Å². The monoisotopic (exact) mass is 238 g/mol. The van der Waals surface area contributed by atoms with E-state index in [-0.39, 0.29) is 103 Å². The van der Waals surface area contributed by atoms with Crippen molar-refractivity contribution in [3.8, 4) is 0 Å². The fourth-order valence-corrected chi connectivity index (χ4v) is 0.848. The zero-order valence-electron chi connectivity index (χ0n) is 5.44. The molecule has 0 rings (SSSR count). The van der Waals surface area contributed by atoms with Crippen LogP contribution in [-0.2, 0) is 13.4 Å². The summed E-state index contributed by atoms with van der Waals surface area (Å²) in [5.74, 6) is 0. The van der Waals surface area contributed by atoms with E-state index in [0.29, 0.717) is 0 Å². The van der Waals surface area contributed by atoms with Gasteiger partial charge in [-0.15, -0.1) is 0 Å². The standard InChI is InChI=1S/2K.H4O6P2/c;;1-7(2)6-8(3,4)5/h;;7H,(H,1,2)(H2,3,4,5)/q2*+1;/p-2. The molecule has 2 unspecified atom stereocenters. The Kier molecular flexibility index (Phi) is 17.5. The minimum absolute atomic E-state index is 0. The van der Waals surface area contributed by atoms with Crippen molar-refractivity contribution in [1.29, 1.82) is 0 Å². The molecule has 10 heteroatoms. The second kappa shape index (κ2) is 9.14. The van der Waals surface area contributed by atoms with E-state index in [9.17, 15) is 18.9 Å².